The summed E-state index contributed by atoms with van der Waals surface area (Å²) < 4.78 is 11.0. The maximum absolute atomic E-state index is 12.3. The van der Waals surface area contributed by atoms with Crippen molar-refractivity contribution in [3.63, 3.8) is 0 Å². The zero-order valence-electron chi connectivity index (χ0n) is 11.7. The zero-order chi connectivity index (χ0) is 16.4. The van der Waals surface area contributed by atoms with Crippen LogP contribution >= 0.6 is 11.6 Å². The summed E-state index contributed by atoms with van der Waals surface area (Å²) in [6.07, 6.45) is -0.868. The Hall–Kier alpha value is -2.73. The third-order valence-corrected chi connectivity index (χ3v) is 3.59. The topological polar surface area (TPSA) is 87.7 Å². The molecule has 23 heavy (non-hydrogen) atoms. The van der Waals surface area contributed by atoms with Crippen molar-refractivity contribution in [1.82, 2.24) is 0 Å². The summed E-state index contributed by atoms with van der Waals surface area (Å²) in [5.41, 5.74) is 0.0803. The van der Waals surface area contributed by atoms with Gasteiger partial charge in [0.1, 0.15) is 6.61 Å². The normalized spacial score (nSPS) is 15.8. The molecule has 2 aromatic carbocycles. The predicted octanol–water partition coefficient (Wildman–Crippen LogP) is 1.48. The number of amides is 1. The number of carbonyl (C=O) groups is 2. The fourth-order valence-corrected chi connectivity index (χ4v) is 2.27. The number of fused-ring (bicyclic) bond motifs is 1. The molecular weight excluding hydrogens is 322 g/mol. The van der Waals surface area contributed by atoms with E-state index in [-0.39, 0.29) is 22.9 Å². The Kier molecular flexibility index (Phi) is 4.08. The second-order valence-corrected chi connectivity index (χ2v) is 5.24. The Balaban J connectivity index is 1.75. The lowest BCUT2D eigenvalue weighted by Gasteiger charge is -2.25. The van der Waals surface area contributed by atoms with Gasteiger partial charge >= 0.3 is 0 Å². The molecule has 6 nitrogen and oxygen atoms in total. The summed E-state index contributed by atoms with van der Waals surface area (Å²) >= 11 is 5.96. The fourth-order valence-electron chi connectivity index (χ4n) is 2.11. The number of hydrogen-bond donors (Lipinski definition) is 1. The smallest absolute Gasteiger partial charge is 0.269 e. The van der Waals surface area contributed by atoms with Crippen LogP contribution in [0.5, 0.6) is 11.5 Å². The molecule has 0 aliphatic carbocycles. The van der Waals surface area contributed by atoms with Crippen LogP contribution in [-0.4, -0.2) is 24.6 Å². The summed E-state index contributed by atoms with van der Waals surface area (Å²) in [7, 11) is 0. The highest BCUT2D eigenvalue weighted by Crippen LogP contribution is 2.31. The highest BCUT2D eigenvalue weighted by Gasteiger charge is 2.27. The zero-order valence-corrected chi connectivity index (χ0v) is 12.5. The lowest BCUT2D eigenvalue weighted by atomic mass is 10.2. The van der Waals surface area contributed by atoms with E-state index in [2.05, 4.69) is 5.32 Å². The summed E-state index contributed by atoms with van der Waals surface area (Å²) in [5.74, 6) is -0.817. The third kappa shape index (κ3) is 3.22. The van der Waals surface area contributed by atoms with Crippen molar-refractivity contribution in [3.8, 4) is 11.5 Å². The van der Waals surface area contributed by atoms with Crippen LogP contribution in [0.1, 0.15) is 10.4 Å². The van der Waals surface area contributed by atoms with Crippen LogP contribution in [0.25, 0.3) is 0 Å². The van der Waals surface area contributed by atoms with Crippen molar-refractivity contribution in [2.24, 2.45) is 0 Å². The minimum absolute atomic E-state index is 0.0423. The molecule has 1 heterocycles. The maximum atomic E-state index is 12.3. The third-order valence-electron chi connectivity index (χ3n) is 3.26. The van der Waals surface area contributed by atoms with Gasteiger partial charge in [-0.3, -0.25) is 4.79 Å². The Morgan fingerprint density at radius 2 is 1.91 bits per heavy atom. The molecule has 0 unspecified atom stereocenters. The number of carbonyl (C=O) groups excluding carboxylic acids is 2. The van der Waals surface area contributed by atoms with E-state index in [1.54, 1.807) is 24.3 Å². The molecule has 0 aromatic heterocycles. The minimum Gasteiger partial charge on any atom is -0.545 e. The molecule has 1 amide bonds. The molecule has 0 saturated heterocycles. The number of carboxylic acid groups (broad SMARTS) is 1. The van der Waals surface area contributed by atoms with E-state index in [9.17, 15) is 14.7 Å². The molecule has 1 aliphatic rings. The van der Waals surface area contributed by atoms with Gasteiger partial charge in [0.05, 0.1) is 16.7 Å². The Morgan fingerprint density at radius 1 is 1.17 bits per heavy atom. The van der Waals surface area contributed by atoms with Gasteiger partial charge in [0.2, 0.25) is 6.10 Å². The number of nitrogens with one attached hydrogen (secondary N) is 1. The van der Waals surface area contributed by atoms with Gasteiger partial charge in [-0.05, 0) is 29.8 Å². The Labute approximate surface area is 136 Å². The van der Waals surface area contributed by atoms with Crippen molar-refractivity contribution >= 4 is 29.2 Å². The molecule has 0 spiro atoms. The summed E-state index contributed by atoms with van der Waals surface area (Å²) in [6, 6.07) is 10.9. The minimum atomic E-state index is -1.36. The van der Waals surface area contributed by atoms with Crippen LogP contribution in [0.4, 0.5) is 5.69 Å². The molecule has 1 atom stereocenters. The van der Waals surface area contributed by atoms with Crippen LogP contribution in [-0.2, 0) is 4.79 Å². The molecule has 0 bridgehead atoms. The van der Waals surface area contributed by atoms with E-state index in [1.165, 1.54) is 18.2 Å². The van der Waals surface area contributed by atoms with Gasteiger partial charge in [0.25, 0.3) is 5.91 Å². The first-order valence-electron chi connectivity index (χ1n) is 6.75. The van der Waals surface area contributed by atoms with E-state index >= 15 is 0 Å². The second kappa shape index (κ2) is 6.18. The molecular formula is C16H11ClNO5-. The van der Waals surface area contributed by atoms with Crippen molar-refractivity contribution < 1.29 is 24.2 Å². The molecule has 0 radical (unpaired) electrons. The molecule has 0 fully saturated rings. The largest absolute Gasteiger partial charge is 0.545 e. The van der Waals surface area contributed by atoms with Gasteiger partial charge < -0.3 is 24.7 Å². The van der Waals surface area contributed by atoms with Gasteiger partial charge in [-0.15, -0.1) is 0 Å². The van der Waals surface area contributed by atoms with E-state index in [4.69, 9.17) is 21.1 Å². The van der Waals surface area contributed by atoms with Crippen molar-refractivity contribution in [3.05, 3.63) is 53.1 Å². The molecule has 1 N–H and O–H groups in total. The first kappa shape index (κ1) is 15.2. The number of anilines is 1. The van der Waals surface area contributed by atoms with E-state index < -0.39 is 18.0 Å². The standard InChI is InChI=1S/C16H12ClNO5/c17-10-6-5-9(16(20)21)7-11(10)18-15(19)14-8-22-12-3-1-2-4-13(12)23-14/h1-7,14H,8H2,(H,18,19)(H,20,21)/p-1/t14-/m1/s1. The number of hydrogen-bond acceptors (Lipinski definition) is 5. The molecule has 118 valence electrons. The van der Waals surface area contributed by atoms with E-state index in [0.717, 1.165) is 0 Å². The molecule has 3 rings (SSSR count). The Morgan fingerprint density at radius 3 is 2.65 bits per heavy atom. The number of halogens is 1. The number of carboxylic acids is 1. The predicted molar refractivity (Wildman–Crippen MR) is 80.8 cm³/mol. The van der Waals surface area contributed by atoms with Gasteiger partial charge in [-0.2, -0.15) is 0 Å². The van der Waals surface area contributed by atoms with Crippen LogP contribution in [0.3, 0.4) is 0 Å². The van der Waals surface area contributed by atoms with Crippen LogP contribution < -0.4 is 19.9 Å². The first-order valence-corrected chi connectivity index (χ1v) is 7.12. The molecule has 1 aliphatic heterocycles. The van der Waals surface area contributed by atoms with Crippen LogP contribution in [0, 0.1) is 0 Å². The summed E-state index contributed by atoms with van der Waals surface area (Å²) in [4.78, 5) is 23.2. The lowest BCUT2D eigenvalue weighted by molar-refractivity contribution is -0.255. The van der Waals surface area contributed by atoms with E-state index in [0.29, 0.717) is 11.5 Å². The second-order valence-electron chi connectivity index (χ2n) is 4.84. The van der Waals surface area contributed by atoms with Crippen molar-refractivity contribution in [1.29, 1.82) is 0 Å². The van der Waals surface area contributed by atoms with Gasteiger partial charge in [-0.1, -0.05) is 29.8 Å². The molecule has 2 aromatic rings. The number of ether oxygens (including phenoxy) is 2. The van der Waals surface area contributed by atoms with Crippen molar-refractivity contribution in [2.75, 3.05) is 11.9 Å². The SMILES string of the molecule is O=C([O-])c1ccc(Cl)c(NC(=O)[C@H]2COc3ccccc3O2)c1. The highest BCUT2D eigenvalue weighted by atomic mass is 35.5. The first-order chi connectivity index (χ1) is 11.0. The number of benzene rings is 2. The van der Waals surface area contributed by atoms with Gasteiger partial charge in [-0.25, -0.2) is 0 Å². The van der Waals surface area contributed by atoms with Crippen LogP contribution in [0.15, 0.2) is 42.5 Å². The number of rotatable bonds is 3. The van der Waals surface area contributed by atoms with Gasteiger partial charge in [0.15, 0.2) is 11.5 Å². The summed E-state index contributed by atoms with van der Waals surface area (Å²) in [6.45, 7) is 0.0423. The fraction of sp³-hybridized carbons (Fsp3) is 0.125. The monoisotopic (exact) mass is 332 g/mol. The average Bonchev–Trinajstić information content (AvgIpc) is 2.56. The Bertz CT molecular complexity index is 777. The highest BCUT2D eigenvalue weighted by molar-refractivity contribution is 6.33. The van der Waals surface area contributed by atoms with Crippen LogP contribution in [0.2, 0.25) is 5.02 Å². The number of para-hydroxylation sites is 2. The lowest BCUT2D eigenvalue weighted by Crippen LogP contribution is -2.40. The van der Waals surface area contributed by atoms with E-state index in [1.807, 2.05) is 0 Å². The van der Waals surface area contributed by atoms with Crippen molar-refractivity contribution in [2.45, 2.75) is 6.10 Å². The van der Waals surface area contributed by atoms with Gasteiger partial charge in [0, 0.05) is 0 Å². The molecule has 7 heteroatoms. The molecule has 0 saturated carbocycles. The average molecular weight is 333 g/mol. The quantitative estimate of drug-likeness (QED) is 0.920. The summed E-state index contributed by atoms with van der Waals surface area (Å²) in [5, 5.41) is 13.6. The maximum Gasteiger partial charge on any atom is 0.269 e. The number of aromatic carboxylic acids is 1.